The fourth-order valence-electron chi connectivity index (χ4n) is 3.66. The SMILES string of the molecule is COc1cc2nc(C)nc(N[C@H](C)c3cccc(/C=C/c4ccccc4)c3)c2cc1OC. The first kappa shape index (κ1) is 21.4. The van der Waals surface area contributed by atoms with Crippen LogP contribution in [-0.4, -0.2) is 24.2 Å². The Labute approximate surface area is 188 Å². The number of benzene rings is 3. The number of methoxy groups -OCH3 is 2. The summed E-state index contributed by atoms with van der Waals surface area (Å²) >= 11 is 0. The molecule has 0 saturated carbocycles. The van der Waals surface area contributed by atoms with Crippen LogP contribution < -0.4 is 14.8 Å². The van der Waals surface area contributed by atoms with Crippen LogP contribution in [0.2, 0.25) is 0 Å². The minimum absolute atomic E-state index is 0.0469. The second-order valence-electron chi connectivity index (χ2n) is 7.62. The van der Waals surface area contributed by atoms with E-state index in [1.165, 1.54) is 11.1 Å². The van der Waals surface area contributed by atoms with E-state index in [4.69, 9.17) is 9.47 Å². The first-order valence-corrected chi connectivity index (χ1v) is 10.6. The molecule has 3 aromatic carbocycles. The number of hydrogen-bond acceptors (Lipinski definition) is 5. The van der Waals surface area contributed by atoms with Crippen molar-refractivity contribution in [1.82, 2.24) is 9.97 Å². The summed E-state index contributed by atoms with van der Waals surface area (Å²) in [7, 11) is 3.25. The van der Waals surface area contributed by atoms with E-state index in [1.54, 1.807) is 14.2 Å². The van der Waals surface area contributed by atoms with E-state index < -0.39 is 0 Å². The molecule has 0 radical (unpaired) electrons. The van der Waals surface area contributed by atoms with Gasteiger partial charge in [-0.2, -0.15) is 0 Å². The average molecular weight is 426 g/mol. The molecule has 5 nitrogen and oxygen atoms in total. The number of anilines is 1. The largest absolute Gasteiger partial charge is 0.493 e. The van der Waals surface area contributed by atoms with E-state index in [1.807, 2.05) is 37.3 Å². The van der Waals surface area contributed by atoms with Crippen LogP contribution in [0.3, 0.4) is 0 Å². The van der Waals surface area contributed by atoms with Crippen molar-refractivity contribution in [2.75, 3.05) is 19.5 Å². The van der Waals surface area contributed by atoms with Crippen LogP contribution in [0.15, 0.2) is 66.7 Å². The molecule has 0 saturated heterocycles. The summed E-state index contributed by atoms with van der Waals surface area (Å²) in [5.41, 5.74) is 4.31. The van der Waals surface area contributed by atoms with Gasteiger partial charge in [-0.1, -0.05) is 60.7 Å². The smallest absolute Gasteiger partial charge is 0.162 e. The summed E-state index contributed by atoms with van der Waals surface area (Å²) in [6.07, 6.45) is 4.26. The molecule has 1 atom stereocenters. The average Bonchev–Trinajstić information content (AvgIpc) is 2.82. The molecule has 5 heteroatoms. The number of hydrogen-bond donors (Lipinski definition) is 1. The molecule has 162 valence electrons. The predicted molar refractivity (Wildman–Crippen MR) is 131 cm³/mol. The predicted octanol–water partition coefficient (Wildman–Crippen LogP) is 6.30. The number of fused-ring (bicyclic) bond motifs is 1. The number of aromatic nitrogens is 2. The molecule has 0 fully saturated rings. The van der Waals surface area contributed by atoms with Crippen LogP contribution in [0.25, 0.3) is 23.1 Å². The highest BCUT2D eigenvalue weighted by Crippen LogP contribution is 2.35. The van der Waals surface area contributed by atoms with E-state index in [0.717, 1.165) is 22.3 Å². The highest BCUT2D eigenvalue weighted by molar-refractivity contribution is 5.92. The van der Waals surface area contributed by atoms with Crippen LogP contribution in [0.1, 0.15) is 35.5 Å². The van der Waals surface area contributed by atoms with Gasteiger partial charge in [0.2, 0.25) is 0 Å². The maximum atomic E-state index is 5.48. The Kier molecular flexibility index (Phi) is 6.36. The van der Waals surface area contributed by atoms with E-state index >= 15 is 0 Å². The molecule has 32 heavy (non-hydrogen) atoms. The fourth-order valence-corrected chi connectivity index (χ4v) is 3.66. The van der Waals surface area contributed by atoms with Crippen molar-refractivity contribution in [3.05, 3.63) is 89.2 Å². The van der Waals surface area contributed by atoms with Gasteiger partial charge in [0.05, 0.1) is 19.7 Å². The molecule has 0 spiro atoms. The summed E-state index contributed by atoms with van der Waals surface area (Å²) in [5, 5.41) is 4.45. The molecule has 0 aliphatic rings. The van der Waals surface area contributed by atoms with Crippen LogP contribution in [0, 0.1) is 6.92 Å². The Hall–Kier alpha value is -3.86. The Morgan fingerprint density at radius 2 is 1.50 bits per heavy atom. The van der Waals surface area contributed by atoms with Crippen LogP contribution in [0.4, 0.5) is 5.82 Å². The Morgan fingerprint density at radius 3 is 2.25 bits per heavy atom. The Bertz CT molecular complexity index is 1250. The summed E-state index contributed by atoms with van der Waals surface area (Å²) in [6.45, 7) is 4.02. The third kappa shape index (κ3) is 4.72. The van der Waals surface area contributed by atoms with Gasteiger partial charge in [-0.15, -0.1) is 0 Å². The van der Waals surface area contributed by atoms with Gasteiger partial charge in [0.1, 0.15) is 11.6 Å². The Balaban J connectivity index is 1.62. The third-order valence-electron chi connectivity index (χ3n) is 5.34. The summed E-state index contributed by atoms with van der Waals surface area (Å²) in [6, 6.07) is 22.6. The molecule has 0 unspecified atom stereocenters. The van der Waals surface area contributed by atoms with E-state index in [2.05, 4.69) is 70.8 Å². The summed E-state index contributed by atoms with van der Waals surface area (Å²) in [5.74, 6) is 2.76. The maximum Gasteiger partial charge on any atom is 0.162 e. The molecular weight excluding hydrogens is 398 g/mol. The van der Waals surface area contributed by atoms with Gasteiger partial charge in [-0.25, -0.2) is 9.97 Å². The lowest BCUT2D eigenvalue weighted by molar-refractivity contribution is 0.356. The molecule has 1 N–H and O–H groups in total. The minimum atomic E-state index is 0.0469. The van der Waals surface area contributed by atoms with Gasteiger partial charge in [0.25, 0.3) is 0 Å². The second kappa shape index (κ2) is 9.52. The zero-order chi connectivity index (χ0) is 22.5. The van der Waals surface area contributed by atoms with Gasteiger partial charge in [-0.05, 0) is 42.7 Å². The number of ether oxygens (including phenoxy) is 2. The van der Waals surface area contributed by atoms with Crippen LogP contribution in [0.5, 0.6) is 11.5 Å². The summed E-state index contributed by atoms with van der Waals surface area (Å²) in [4.78, 5) is 9.24. The zero-order valence-electron chi connectivity index (χ0n) is 18.8. The molecule has 4 aromatic rings. The van der Waals surface area contributed by atoms with Crippen molar-refractivity contribution in [2.45, 2.75) is 19.9 Å². The molecule has 4 rings (SSSR count). The molecular formula is C27H27N3O2. The second-order valence-corrected chi connectivity index (χ2v) is 7.62. The van der Waals surface area contributed by atoms with E-state index in [9.17, 15) is 0 Å². The lowest BCUT2D eigenvalue weighted by atomic mass is 10.0. The zero-order valence-corrected chi connectivity index (χ0v) is 18.8. The Morgan fingerprint density at radius 1 is 0.812 bits per heavy atom. The van der Waals surface area contributed by atoms with Crippen molar-refractivity contribution in [3.63, 3.8) is 0 Å². The molecule has 1 heterocycles. The van der Waals surface area contributed by atoms with Gasteiger partial charge >= 0.3 is 0 Å². The van der Waals surface area contributed by atoms with E-state index in [0.29, 0.717) is 17.3 Å². The van der Waals surface area contributed by atoms with Gasteiger partial charge in [0.15, 0.2) is 11.5 Å². The molecule has 0 amide bonds. The number of rotatable bonds is 7. The maximum absolute atomic E-state index is 5.48. The lowest BCUT2D eigenvalue weighted by Crippen LogP contribution is -2.10. The monoisotopic (exact) mass is 425 g/mol. The first-order chi connectivity index (χ1) is 15.6. The normalized spacial score (nSPS) is 12.1. The quantitative estimate of drug-likeness (QED) is 0.352. The van der Waals surface area contributed by atoms with Crippen molar-refractivity contribution < 1.29 is 9.47 Å². The van der Waals surface area contributed by atoms with Crippen molar-refractivity contribution in [2.24, 2.45) is 0 Å². The number of nitrogens with zero attached hydrogens (tertiary/aromatic N) is 2. The van der Waals surface area contributed by atoms with Gasteiger partial charge in [-0.3, -0.25) is 0 Å². The number of aryl methyl sites for hydroxylation is 1. The standard InChI is InChI=1S/C27H27N3O2/c1-18(22-12-8-11-21(15-22)14-13-20-9-6-5-7-10-20)28-27-23-16-25(31-3)26(32-4)17-24(23)29-19(2)30-27/h5-18H,1-4H3,(H,28,29,30)/b14-13+/t18-/m1/s1. The molecule has 1 aromatic heterocycles. The third-order valence-corrected chi connectivity index (χ3v) is 5.34. The highest BCUT2D eigenvalue weighted by Gasteiger charge is 2.14. The van der Waals surface area contributed by atoms with Crippen molar-refractivity contribution >= 4 is 28.9 Å². The molecule has 0 aliphatic carbocycles. The van der Waals surface area contributed by atoms with Crippen molar-refractivity contribution in [3.8, 4) is 11.5 Å². The molecule has 0 aliphatic heterocycles. The first-order valence-electron chi connectivity index (χ1n) is 10.6. The summed E-state index contributed by atoms with van der Waals surface area (Å²) < 4.78 is 10.9. The topological polar surface area (TPSA) is 56.3 Å². The van der Waals surface area contributed by atoms with Crippen molar-refractivity contribution in [1.29, 1.82) is 0 Å². The number of nitrogens with one attached hydrogen (secondary N) is 1. The minimum Gasteiger partial charge on any atom is -0.493 e. The highest BCUT2D eigenvalue weighted by atomic mass is 16.5. The van der Waals surface area contributed by atoms with Crippen LogP contribution >= 0.6 is 0 Å². The van der Waals surface area contributed by atoms with E-state index in [-0.39, 0.29) is 6.04 Å². The lowest BCUT2D eigenvalue weighted by Gasteiger charge is -2.18. The molecule has 0 bridgehead atoms. The fraction of sp³-hybridized carbons (Fsp3) is 0.185. The van der Waals surface area contributed by atoms with Gasteiger partial charge < -0.3 is 14.8 Å². The van der Waals surface area contributed by atoms with Gasteiger partial charge in [0, 0.05) is 17.5 Å². The van der Waals surface area contributed by atoms with Crippen LogP contribution in [-0.2, 0) is 0 Å².